The molecule has 24 heavy (non-hydrogen) atoms. The Morgan fingerprint density at radius 2 is 1.79 bits per heavy atom. The van der Waals surface area contributed by atoms with Crippen molar-refractivity contribution >= 4 is 27.9 Å². The lowest BCUT2D eigenvalue weighted by Crippen LogP contribution is -2.47. The van der Waals surface area contributed by atoms with E-state index in [0.29, 0.717) is 31.3 Å². The summed E-state index contributed by atoms with van der Waals surface area (Å²) in [4.78, 5) is 7.78. The number of fused-ring (bicyclic) bond motifs is 1. The maximum atomic E-state index is 12.7. The van der Waals surface area contributed by atoms with E-state index in [2.05, 4.69) is 20.1 Å². The molecular formula is C14H13F3N6S. The van der Waals surface area contributed by atoms with Gasteiger partial charge in [0.05, 0.1) is 0 Å². The lowest BCUT2D eigenvalue weighted by Gasteiger charge is -2.36. The van der Waals surface area contributed by atoms with Crippen molar-refractivity contribution in [2.75, 3.05) is 36.0 Å². The van der Waals surface area contributed by atoms with Crippen molar-refractivity contribution in [1.29, 1.82) is 0 Å². The third-order valence-electron chi connectivity index (χ3n) is 3.97. The van der Waals surface area contributed by atoms with Gasteiger partial charge >= 0.3 is 6.18 Å². The second-order valence-electron chi connectivity index (χ2n) is 5.43. The highest BCUT2D eigenvalue weighted by molar-refractivity contribution is 7.13. The molecule has 0 atom stereocenters. The molecule has 0 bridgehead atoms. The molecule has 4 heterocycles. The number of rotatable bonds is 2. The normalized spacial score (nSPS) is 16.1. The van der Waals surface area contributed by atoms with Crippen molar-refractivity contribution in [3.63, 3.8) is 0 Å². The predicted octanol–water partition coefficient (Wildman–Crippen LogP) is 2.53. The SMILES string of the molecule is FC(F)(F)c1csc(N2CCN(c3cccc4nncn34)CC2)n1. The number of hydrogen-bond acceptors (Lipinski definition) is 6. The van der Waals surface area contributed by atoms with Gasteiger partial charge < -0.3 is 9.80 Å². The van der Waals surface area contributed by atoms with Crippen molar-refractivity contribution in [3.05, 3.63) is 35.6 Å². The van der Waals surface area contributed by atoms with Crippen LogP contribution in [0.4, 0.5) is 24.1 Å². The molecule has 1 saturated heterocycles. The third-order valence-corrected chi connectivity index (χ3v) is 4.87. The summed E-state index contributed by atoms with van der Waals surface area (Å²) in [6.45, 7) is 2.61. The molecule has 0 N–H and O–H groups in total. The van der Waals surface area contributed by atoms with Crippen LogP contribution in [0.3, 0.4) is 0 Å². The first-order chi connectivity index (χ1) is 11.5. The van der Waals surface area contributed by atoms with Crippen LogP contribution in [0.2, 0.25) is 0 Å². The Labute approximate surface area is 139 Å². The number of pyridine rings is 1. The molecule has 1 fully saturated rings. The Morgan fingerprint density at radius 1 is 1.04 bits per heavy atom. The number of nitrogens with zero attached hydrogens (tertiary/aromatic N) is 6. The smallest absolute Gasteiger partial charge is 0.354 e. The fraction of sp³-hybridized carbons (Fsp3) is 0.357. The Balaban J connectivity index is 1.49. The predicted molar refractivity (Wildman–Crippen MR) is 84.5 cm³/mol. The van der Waals surface area contributed by atoms with Crippen molar-refractivity contribution in [2.24, 2.45) is 0 Å². The van der Waals surface area contributed by atoms with Crippen LogP contribution in [-0.2, 0) is 6.18 Å². The molecule has 0 radical (unpaired) electrons. The van der Waals surface area contributed by atoms with Gasteiger partial charge in [-0.3, -0.25) is 4.40 Å². The van der Waals surface area contributed by atoms with Crippen molar-refractivity contribution in [3.8, 4) is 0 Å². The molecule has 1 aliphatic rings. The zero-order valence-corrected chi connectivity index (χ0v) is 13.3. The topological polar surface area (TPSA) is 49.6 Å². The molecule has 0 aliphatic carbocycles. The van der Waals surface area contributed by atoms with Crippen LogP contribution in [0.15, 0.2) is 29.9 Å². The monoisotopic (exact) mass is 354 g/mol. The number of halogens is 3. The number of aromatic nitrogens is 4. The van der Waals surface area contributed by atoms with Gasteiger partial charge in [0.2, 0.25) is 0 Å². The summed E-state index contributed by atoms with van der Waals surface area (Å²) < 4.78 is 39.9. The summed E-state index contributed by atoms with van der Waals surface area (Å²) >= 11 is 1.04. The number of thiazole rings is 1. The van der Waals surface area contributed by atoms with Gasteiger partial charge in [-0.2, -0.15) is 13.2 Å². The van der Waals surface area contributed by atoms with Crippen LogP contribution in [0.25, 0.3) is 5.65 Å². The van der Waals surface area contributed by atoms with E-state index in [9.17, 15) is 13.2 Å². The molecule has 3 aromatic rings. The molecule has 4 rings (SSSR count). The van der Waals surface area contributed by atoms with Crippen molar-refractivity contribution < 1.29 is 13.2 Å². The van der Waals surface area contributed by atoms with Gasteiger partial charge in [-0.15, -0.1) is 21.5 Å². The standard InChI is InChI=1S/C14H13F3N6S/c15-14(16,17)10-8-24-13(19-10)22-6-4-21(5-7-22)12-3-1-2-11-20-18-9-23(11)12/h1-3,8-9H,4-7H2. The highest BCUT2D eigenvalue weighted by Gasteiger charge is 2.34. The Hall–Kier alpha value is -2.36. The van der Waals surface area contributed by atoms with E-state index in [4.69, 9.17) is 0 Å². The van der Waals surface area contributed by atoms with Gasteiger partial charge in [0.15, 0.2) is 16.5 Å². The van der Waals surface area contributed by atoms with Crippen LogP contribution in [0.1, 0.15) is 5.69 Å². The minimum absolute atomic E-state index is 0.421. The van der Waals surface area contributed by atoms with E-state index in [-0.39, 0.29) is 0 Å². The van der Waals surface area contributed by atoms with Crippen molar-refractivity contribution in [2.45, 2.75) is 6.18 Å². The van der Waals surface area contributed by atoms with Crippen LogP contribution in [0, 0.1) is 0 Å². The largest absolute Gasteiger partial charge is 0.434 e. The maximum Gasteiger partial charge on any atom is 0.434 e. The molecule has 0 amide bonds. The fourth-order valence-electron chi connectivity index (χ4n) is 2.76. The molecule has 126 valence electrons. The highest BCUT2D eigenvalue weighted by atomic mass is 32.1. The van der Waals surface area contributed by atoms with Crippen LogP contribution in [-0.4, -0.2) is 45.8 Å². The van der Waals surface area contributed by atoms with Crippen LogP contribution < -0.4 is 9.80 Å². The highest BCUT2D eigenvalue weighted by Crippen LogP contribution is 2.33. The maximum absolute atomic E-state index is 12.7. The Bertz CT molecular complexity index is 849. The second kappa shape index (κ2) is 5.62. The molecule has 0 aromatic carbocycles. The molecule has 1 aliphatic heterocycles. The summed E-state index contributed by atoms with van der Waals surface area (Å²) in [7, 11) is 0. The molecule has 0 unspecified atom stereocenters. The van der Waals surface area contributed by atoms with E-state index in [1.54, 1.807) is 6.33 Å². The van der Waals surface area contributed by atoms with Gasteiger partial charge in [-0.05, 0) is 12.1 Å². The zero-order valence-electron chi connectivity index (χ0n) is 12.4. The molecule has 6 nitrogen and oxygen atoms in total. The van der Waals surface area contributed by atoms with E-state index in [1.807, 2.05) is 27.5 Å². The average molecular weight is 354 g/mol. The molecule has 0 spiro atoms. The summed E-state index contributed by atoms with van der Waals surface area (Å²) in [6, 6.07) is 5.78. The molecular weight excluding hydrogens is 341 g/mol. The zero-order chi connectivity index (χ0) is 16.7. The minimum atomic E-state index is -4.39. The van der Waals surface area contributed by atoms with Crippen molar-refractivity contribution in [1.82, 2.24) is 19.6 Å². The minimum Gasteiger partial charge on any atom is -0.354 e. The first-order valence-electron chi connectivity index (χ1n) is 7.34. The Kier molecular flexibility index (Phi) is 3.56. The molecule has 3 aromatic heterocycles. The number of anilines is 2. The lowest BCUT2D eigenvalue weighted by atomic mass is 10.3. The number of alkyl halides is 3. The summed E-state index contributed by atoms with van der Waals surface area (Å²) in [6.07, 6.45) is -2.73. The van der Waals surface area contributed by atoms with Crippen LogP contribution in [0.5, 0.6) is 0 Å². The average Bonchev–Trinajstić information content (AvgIpc) is 3.23. The van der Waals surface area contributed by atoms with Gasteiger partial charge in [0.1, 0.15) is 12.1 Å². The van der Waals surface area contributed by atoms with E-state index in [0.717, 1.165) is 28.2 Å². The third kappa shape index (κ3) is 2.66. The summed E-state index contributed by atoms with van der Waals surface area (Å²) in [5.41, 5.74) is -0.0520. The first kappa shape index (κ1) is 15.2. The summed E-state index contributed by atoms with van der Waals surface area (Å²) in [5, 5.41) is 9.42. The van der Waals surface area contributed by atoms with Gasteiger partial charge in [-0.1, -0.05) is 6.07 Å². The molecule has 10 heteroatoms. The summed E-state index contributed by atoms with van der Waals surface area (Å²) in [5.74, 6) is 0.979. The fourth-order valence-corrected chi connectivity index (χ4v) is 3.65. The number of hydrogen-bond donors (Lipinski definition) is 0. The quantitative estimate of drug-likeness (QED) is 0.708. The van der Waals surface area contributed by atoms with Crippen LogP contribution >= 0.6 is 11.3 Å². The van der Waals surface area contributed by atoms with E-state index in [1.165, 1.54) is 0 Å². The first-order valence-corrected chi connectivity index (χ1v) is 8.22. The number of piperazine rings is 1. The van der Waals surface area contributed by atoms with E-state index >= 15 is 0 Å². The Morgan fingerprint density at radius 3 is 2.50 bits per heavy atom. The van der Waals surface area contributed by atoms with E-state index < -0.39 is 11.9 Å². The van der Waals surface area contributed by atoms with Gasteiger partial charge in [0, 0.05) is 31.6 Å². The van der Waals surface area contributed by atoms with Gasteiger partial charge in [0.25, 0.3) is 0 Å². The second-order valence-corrected chi connectivity index (χ2v) is 6.27. The van der Waals surface area contributed by atoms with Gasteiger partial charge in [-0.25, -0.2) is 4.98 Å². The lowest BCUT2D eigenvalue weighted by molar-refractivity contribution is -0.140. The molecule has 0 saturated carbocycles.